The Kier molecular flexibility index (Phi) is 4.29. The van der Waals surface area contributed by atoms with Crippen LogP contribution in [0.15, 0.2) is 41.4 Å². The molecule has 2 N–H and O–H groups in total. The van der Waals surface area contributed by atoms with Crippen molar-refractivity contribution in [3.05, 3.63) is 53.3 Å². The number of aromatic nitrogens is 1. The van der Waals surface area contributed by atoms with Crippen LogP contribution in [0.25, 0.3) is 0 Å². The van der Waals surface area contributed by atoms with Gasteiger partial charge in [-0.2, -0.15) is 0 Å². The SMILES string of the molecule is Cc1cc(C)cc(N(C)S(=O)(=O)c2ccc(CN)nc2)c1. The zero-order valence-electron chi connectivity index (χ0n) is 12.4. The quantitative estimate of drug-likeness (QED) is 0.937. The summed E-state index contributed by atoms with van der Waals surface area (Å²) in [7, 11) is -2.08. The van der Waals surface area contributed by atoms with Crippen molar-refractivity contribution < 1.29 is 8.42 Å². The topological polar surface area (TPSA) is 76.3 Å². The first-order valence-corrected chi connectivity index (χ1v) is 8.01. The first-order chi connectivity index (χ1) is 9.84. The number of hydrogen-bond acceptors (Lipinski definition) is 4. The van der Waals surface area contributed by atoms with Gasteiger partial charge in [0.25, 0.3) is 10.0 Å². The number of sulfonamides is 1. The van der Waals surface area contributed by atoms with E-state index in [-0.39, 0.29) is 11.4 Å². The number of hydrogen-bond donors (Lipinski definition) is 1. The Labute approximate surface area is 125 Å². The first kappa shape index (κ1) is 15.5. The molecule has 112 valence electrons. The van der Waals surface area contributed by atoms with E-state index in [1.165, 1.54) is 16.6 Å². The zero-order chi connectivity index (χ0) is 15.6. The minimum Gasteiger partial charge on any atom is -0.325 e. The van der Waals surface area contributed by atoms with Crippen molar-refractivity contribution in [1.82, 2.24) is 4.98 Å². The highest BCUT2D eigenvalue weighted by atomic mass is 32.2. The fraction of sp³-hybridized carbons (Fsp3) is 0.267. The van der Waals surface area contributed by atoms with E-state index in [0.717, 1.165) is 11.1 Å². The van der Waals surface area contributed by atoms with Gasteiger partial charge in [-0.05, 0) is 49.2 Å². The molecule has 0 atom stereocenters. The molecular formula is C15H19N3O2S. The van der Waals surface area contributed by atoms with Gasteiger partial charge in [0, 0.05) is 19.8 Å². The third-order valence-electron chi connectivity index (χ3n) is 3.24. The summed E-state index contributed by atoms with van der Waals surface area (Å²) >= 11 is 0. The lowest BCUT2D eigenvalue weighted by atomic mass is 10.1. The van der Waals surface area contributed by atoms with Crippen LogP contribution in [0.5, 0.6) is 0 Å². The van der Waals surface area contributed by atoms with Crippen LogP contribution in [-0.4, -0.2) is 20.4 Å². The van der Waals surface area contributed by atoms with E-state index in [9.17, 15) is 8.42 Å². The van der Waals surface area contributed by atoms with Crippen LogP contribution < -0.4 is 10.0 Å². The molecule has 0 aliphatic carbocycles. The van der Waals surface area contributed by atoms with Gasteiger partial charge in [-0.3, -0.25) is 9.29 Å². The van der Waals surface area contributed by atoms with Gasteiger partial charge in [0.05, 0.1) is 11.4 Å². The van der Waals surface area contributed by atoms with E-state index in [1.807, 2.05) is 32.0 Å². The summed E-state index contributed by atoms with van der Waals surface area (Å²) in [6.45, 7) is 4.16. The number of anilines is 1. The largest absolute Gasteiger partial charge is 0.325 e. The lowest BCUT2D eigenvalue weighted by molar-refractivity contribution is 0.594. The van der Waals surface area contributed by atoms with Gasteiger partial charge in [0.1, 0.15) is 4.90 Å². The molecule has 0 radical (unpaired) electrons. The molecule has 21 heavy (non-hydrogen) atoms. The van der Waals surface area contributed by atoms with E-state index in [0.29, 0.717) is 11.4 Å². The summed E-state index contributed by atoms with van der Waals surface area (Å²) < 4.78 is 26.5. The predicted octanol–water partition coefficient (Wildman–Crippen LogP) is 1.98. The number of aryl methyl sites for hydroxylation is 2. The fourth-order valence-electron chi connectivity index (χ4n) is 2.11. The average Bonchev–Trinajstić information content (AvgIpc) is 2.45. The molecule has 0 spiro atoms. The van der Waals surface area contributed by atoms with Crippen LogP contribution >= 0.6 is 0 Å². The standard InChI is InChI=1S/C15H19N3O2S/c1-11-6-12(2)8-14(7-11)18(3)21(19,20)15-5-4-13(9-16)17-10-15/h4-8,10H,9,16H2,1-3H3. The lowest BCUT2D eigenvalue weighted by Crippen LogP contribution is -2.26. The highest BCUT2D eigenvalue weighted by Gasteiger charge is 2.22. The van der Waals surface area contributed by atoms with Gasteiger partial charge in [0.15, 0.2) is 0 Å². The Balaban J connectivity index is 2.41. The van der Waals surface area contributed by atoms with E-state index in [4.69, 9.17) is 5.73 Å². The highest BCUT2D eigenvalue weighted by Crippen LogP contribution is 2.23. The maximum atomic E-state index is 12.6. The van der Waals surface area contributed by atoms with Gasteiger partial charge in [-0.1, -0.05) is 6.07 Å². The Bertz CT molecular complexity index is 720. The molecule has 1 heterocycles. The monoisotopic (exact) mass is 305 g/mol. The maximum absolute atomic E-state index is 12.6. The van der Waals surface area contributed by atoms with Gasteiger partial charge >= 0.3 is 0 Å². The Hall–Kier alpha value is -1.92. The molecule has 0 aliphatic rings. The third kappa shape index (κ3) is 3.22. The molecule has 0 fully saturated rings. The summed E-state index contributed by atoms with van der Waals surface area (Å²) in [6.07, 6.45) is 1.34. The molecule has 0 bridgehead atoms. The minimum atomic E-state index is -3.62. The minimum absolute atomic E-state index is 0.154. The summed E-state index contributed by atoms with van der Waals surface area (Å²) in [5.41, 5.74) is 8.80. The molecule has 2 rings (SSSR count). The number of nitrogens with zero attached hydrogens (tertiary/aromatic N) is 2. The number of benzene rings is 1. The van der Waals surface area contributed by atoms with Crippen molar-refractivity contribution in [2.24, 2.45) is 5.73 Å². The molecule has 0 amide bonds. The van der Waals surface area contributed by atoms with Crippen LogP contribution in [0.2, 0.25) is 0 Å². The second-order valence-corrected chi connectivity index (χ2v) is 6.98. The predicted molar refractivity (Wildman–Crippen MR) is 83.6 cm³/mol. The highest BCUT2D eigenvalue weighted by molar-refractivity contribution is 7.92. The fourth-order valence-corrected chi connectivity index (χ4v) is 3.24. The third-order valence-corrected chi connectivity index (χ3v) is 5.00. The molecule has 0 saturated carbocycles. The van der Waals surface area contributed by atoms with Crippen LogP contribution in [0.3, 0.4) is 0 Å². The van der Waals surface area contributed by atoms with Crippen LogP contribution in [0, 0.1) is 13.8 Å². The van der Waals surface area contributed by atoms with E-state index in [2.05, 4.69) is 4.98 Å². The number of pyridine rings is 1. The van der Waals surface area contributed by atoms with Crippen molar-refractivity contribution in [2.45, 2.75) is 25.3 Å². The van der Waals surface area contributed by atoms with Crippen LogP contribution in [0.1, 0.15) is 16.8 Å². The summed E-state index contributed by atoms with van der Waals surface area (Å²) in [4.78, 5) is 4.20. The molecule has 5 nitrogen and oxygen atoms in total. The van der Waals surface area contributed by atoms with Crippen molar-refractivity contribution in [3.63, 3.8) is 0 Å². The molecule has 6 heteroatoms. The smallest absolute Gasteiger partial charge is 0.265 e. The van der Waals surface area contributed by atoms with Crippen molar-refractivity contribution in [3.8, 4) is 0 Å². The molecular weight excluding hydrogens is 286 g/mol. The maximum Gasteiger partial charge on any atom is 0.265 e. The van der Waals surface area contributed by atoms with E-state index < -0.39 is 10.0 Å². The van der Waals surface area contributed by atoms with Crippen LogP contribution in [0.4, 0.5) is 5.69 Å². The van der Waals surface area contributed by atoms with Gasteiger partial charge in [-0.15, -0.1) is 0 Å². The van der Waals surface area contributed by atoms with Gasteiger partial charge < -0.3 is 5.73 Å². The summed E-state index contributed by atoms with van der Waals surface area (Å²) in [5.74, 6) is 0. The second-order valence-electron chi connectivity index (χ2n) is 5.01. The Morgan fingerprint density at radius 3 is 2.24 bits per heavy atom. The van der Waals surface area contributed by atoms with Crippen molar-refractivity contribution in [1.29, 1.82) is 0 Å². The Morgan fingerprint density at radius 1 is 1.14 bits per heavy atom. The van der Waals surface area contributed by atoms with Crippen molar-refractivity contribution >= 4 is 15.7 Å². The van der Waals surface area contributed by atoms with Gasteiger partial charge in [-0.25, -0.2) is 8.42 Å². The summed E-state index contributed by atoms with van der Waals surface area (Å²) in [6, 6.07) is 8.84. The molecule has 2 aromatic rings. The van der Waals surface area contributed by atoms with Gasteiger partial charge in [0.2, 0.25) is 0 Å². The molecule has 0 saturated heterocycles. The zero-order valence-corrected chi connectivity index (χ0v) is 13.2. The molecule has 1 aromatic carbocycles. The van der Waals surface area contributed by atoms with E-state index >= 15 is 0 Å². The number of nitrogens with two attached hydrogens (primary N) is 1. The number of rotatable bonds is 4. The molecule has 0 aliphatic heterocycles. The van der Waals surface area contributed by atoms with Crippen molar-refractivity contribution in [2.75, 3.05) is 11.4 Å². The Morgan fingerprint density at radius 2 is 1.76 bits per heavy atom. The lowest BCUT2D eigenvalue weighted by Gasteiger charge is -2.20. The normalized spacial score (nSPS) is 11.4. The summed E-state index contributed by atoms with van der Waals surface area (Å²) in [5, 5.41) is 0. The molecule has 1 aromatic heterocycles. The first-order valence-electron chi connectivity index (χ1n) is 6.57. The molecule has 0 unspecified atom stereocenters. The van der Waals surface area contributed by atoms with Crippen LogP contribution in [-0.2, 0) is 16.6 Å². The average molecular weight is 305 g/mol. The second kappa shape index (κ2) is 5.83. The van der Waals surface area contributed by atoms with E-state index in [1.54, 1.807) is 13.1 Å².